The van der Waals surface area contributed by atoms with Crippen molar-refractivity contribution < 1.29 is 19.4 Å². The zero-order valence-electron chi connectivity index (χ0n) is 30.2. The molecule has 20 heteroatoms. The standard InChI is InChI=1S/C36H39ClN10O4S2.3ClH/c1-20(2)30(35(49)50)46-32(48)28(4-3-13-44-36(41)42)43-14-15-51-25-11-7-21(8-12-25)29-26(16-38)31(40)47-34(27(29)17-39)53-19-24-18-52-33(45-24)22-5-9-23(37)10-6-22;;;/h5-12,18,20,28,30,43H,3-4,13-15,19H2,1-2H3,(H2,40,47)(H,46,48)(H,49,50)(H4,41,42,44);3*1H/t28-,30+;;;/m0.../s1. The number of aliphatic carboxylic acids is 1. The largest absolute Gasteiger partial charge is 0.492 e. The summed E-state index contributed by atoms with van der Waals surface area (Å²) in [5, 5.41) is 39.3. The SMILES string of the molecule is CC(C)[C@@H](NC(=O)[C@H](CCCN=C(N)N)NCCOc1ccc(-c2c(C#N)c(N)nc(SCc3csc(-c4ccc(Cl)cc4)n3)c2C#N)cc1)C(=O)O.Cl.Cl.Cl. The number of pyridine rings is 1. The number of guanidine groups is 1. The number of hydrogen-bond acceptors (Lipinski definition) is 12. The third-order valence-corrected chi connectivity index (χ3v) is 10.0. The lowest BCUT2D eigenvalue weighted by atomic mass is 9.97. The Morgan fingerprint density at radius 2 is 1.66 bits per heavy atom. The molecule has 0 aliphatic carbocycles. The normalized spacial score (nSPS) is 11.3. The number of rotatable bonds is 18. The number of benzene rings is 2. The lowest BCUT2D eigenvalue weighted by molar-refractivity contribution is -0.143. The molecule has 2 aromatic carbocycles. The molecular formula is C36H42Cl4N10O4S2. The summed E-state index contributed by atoms with van der Waals surface area (Å²) in [6.07, 6.45) is 0.837. The number of hydrogen-bond donors (Lipinski definition) is 6. The predicted octanol–water partition coefficient (Wildman–Crippen LogP) is 6.02. The Labute approximate surface area is 356 Å². The lowest BCUT2D eigenvalue weighted by Gasteiger charge is -2.23. The molecule has 300 valence electrons. The van der Waals surface area contributed by atoms with Crippen LogP contribution in [-0.4, -0.2) is 64.7 Å². The topological polar surface area (TPSA) is 251 Å². The molecule has 0 fully saturated rings. The van der Waals surface area contributed by atoms with Crippen LogP contribution in [0.15, 0.2) is 63.9 Å². The average Bonchev–Trinajstić information content (AvgIpc) is 3.61. The van der Waals surface area contributed by atoms with Crippen LogP contribution in [0, 0.1) is 28.6 Å². The molecule has 4 rings (SSSR count). The first-order chi connectivity index (χ1) is 25.4. The van der Waals surface area contributed by atoms with Crippen LogP contribution in [0.25, 0.3) is 21.7 Å². The van der Waals surface area contributed by atoms with Crippen LogP contribution in [-0.2, 0) is 15.3 Å². The number of anilines is 1. The first kappa shape index (κ1) is 49.5. The summed E-state index contributed by atoms with van der Waals surface area (Å²) in [7, 11) is 0. The molecular weight excluding hydrogens is 842 g/mol. The number of ether oxygens (including phenoxy) is 1. The van der Waals surface area contributed by atoms with Crippen molar-refractivity contribution in [3.63, 3.8) is 0 Å². The Hall–Kier alpha value is -4.52. The molecule has 14 nitrogen and oxygen atoms in total. The van der Waals surface area contributed by atoms with Gasteiger partial charge in [-0.15, -0.1) is 48.6 Å². The van der Waals surface area contributed by atoms with Crippen LogP contribution >= 0.6 is 71.9 Å². The number of carbonyl (C=O) groups is 2. The molecule has 0 unspecified atom stereocenters. The average molecular weight is 885 g/mol. The minimum atomic E-state index is -1.12. The zero-order chi connectivity index (χ0) is 38.5. The van der Waals surface area contributed by atoms with Crippen LogP contribution in [0.3, 0.4) is 0 Å². The van der Waals surface area contributed by atoms with Crippen molar-refractivity contribution in [3.05, 3.63) is 75.8 Å². The van der Waals surface area contributed by atoms with E-state index in [9.17, 15) is 25.2 Å². The second-order valence-electron chi connectivity index (χ2n) is 12.0. The molecule has 0 saturated carbocycles. The highest BCUT2D eigenvalue weighted by Gasteiger charge is 2.27. The van der Waals surface area contributed by atoms with Crippen LogP contribution in [0.4, 0.5) is 5.82 Å². The van der Waals surface area contributed by atoms with Gasteiger partial charge in [-0.05, 0) is 48.6 Å². The van der Waals surface area contributed by atoms with E-state index in [0.717, 1.165) is 16.3 Å². The number of nitrogens with one attached hydrogen (secondary N) is 2. The van der Waals surface area contributed by atoms with E-state index < -0.39 is 24.0 Å². The monoisotopic (exact) mass is 882 g/mol. The van der Waals surface area contributed by atoms with Gasteiger partial charge >= 0.3 is 5.97 Å². The first-order valence-corrected chi connectivity index (χ1v) is 18.7. The van der Waals surface area contributed by atoms with Gasteiger partial charge in [-0.2, -0.15) is 10.5 Å². The highest BCUT2D eigenvalue weighted by Crippen LogP contribution is 2.37. The fourth-order valence-electron chi connectivity index (χ4n) is 5.15. The third kappa shape index (κ3) is 13.9. The number of thioether (sulfide) groups is 1. The Morgan fingerprint density at radius 3 is 2.25 bits per heavy atom. The summed E-state index contributed by atoms with van der Waals surface area (Å²) in [4.78, 5) is 37.7. The Bertz CT molecular complexity index is 2020. The molecule has 4 aromatic rings. The number of nitrogen functional groups attached to an aromatic ring is 1. The van der Waals surface area contributed by atoms with Gasteiger partial charge in [-0.3, -0.25) is 9.79 Å². The van der Waals surface area contributed by atoms with Gasteiger partial charge in [-0.1, -0.05) is 61.5 Å². The minimum absolute atomic E-state index is 0. The van der Waals surface area contributed by atoms with Crippen molar-refractivity contribution in [2.24, 2.45) is 22.4 Å². The van der Waals surface area contributed by atoms with Crippen molar-refractivity contribution >= 4 is 95.6 Å². The number of aliphatic imine (C=N–C) groups is 1. The number of carboxylic acid groups (broad SMARTS) is 1. The van der Waals surface area contributed by atoms with Crippen molar-refractivity contribution in [1.29, 1.82) is 10.5 Å². The number of nitriles is 2. The summed E-state index contributed by atoms with van der Waals surface area (Å²) < 4.78 is 5.90. The number of aromatic nitrogens is 2. The second kappa shape index (κ2) is 24.2. The zero-order valence-corrected chi connectivity index (χ0v) is 35.1. The van der Waals surface area contributed by atoms with Gasteiger partial charge in [-0.25, -0.2) is 14.8 Å². The van der Waals surface area contributed by atoms with Crippen molar-refractivity contribution in [2.45, 2.75) is 49.6 Å². The third-order valence-electron chi connectivity index (χ3n) is 7.81. The smallest absolute Gasteiger partial charge is 0.326 e. The maximum Gasteiger partial charge on any atom is 0.326 e. The molecule has 9 N–H and O–H groups in total. The van der Waals surface area contributed by atoms with E-state index in [4.69, 9.17) is 38.5 Å². The molecule has 2 aromatic heterocycles. The fraction of sp³-hybridized carbons (Fsp3) is 0.306. The van der Waals surface area contributed by atoms with Gasteiger partial charge in [0.05, 0.1) is 17.3 Å². The van der Waals surface area contributed by atoms with Gasteiger partial charge in [0.2, 0.25) is 5.91 Å². The second-order valence-corrected chi connectivity index (χ2v) is 14.2. The van der Waals surface area contributed by atoms with Gasteiger partial charge < -0.3 is 37.7 Å². The van der Waals surface area contributed by atoms with Crippen LogP contribution in [0.2, 0.25) is 5.02 Å². The number of amides is 1. The maximum absolute atomic E-state index is 13.0. The van der Waals surface area contributed by atoms with E-state index in [-0.39, 0.29) is 79.2 Å². The summed E-state index contributed by atoms with van der Waals surface area (Å²) in [5.41, 5.74) is 20.0. The number of nitrogens with zero attached hydrogens (tertiary/aromatic N) is 5. The molecule has 2 atom stereocenters. The number of thiazole rings is 1. The van der Waals surface area contributed by atoms with Crippen LogP contribution in [0.1, 0.15) is 43.5 Å². The van der Waals surface area contributed by atoms with Gasteiger partial charge in [0.15, 0.2) is 5.96 Å². The Balaban J connectivity index is 0.00000523. The highest BCUT2D eigenvalue weighted by atomic mass is 35.5. The highest BCUT2D eigenvalue weighted by molar-refractivity contribution is 7.98. The number of carboxylic acids is 1. The molecule has 0 bridgehead atoms. The van der Waals surface area contributed by atoms with E-state index in [2.05, 4.69) is 32.7 Å². The van der Waals surface area contributed by atoms with Crippen molar-refractivity contribution in [3.8, 4) is 39.6 Å². The van der Waals surface area contributed by atoms with E-state index in [1.165, 1.54) is 23.1 Å². The van der Waals surface area contributed by atoms with E-state index in [1.807, 2.05) is 17.5 Å². The lowest BCUT2D eigenvalue weighted by Crippen LogP contribution is -2.52. The summed E-state index contributed by atoms with van der Waals surface area (Å²) in [6, 6.07) is 16.8. The molecule has 2 heterocycles. The van der Waals surface area contributed by atoms with Crippen molar-refractivity contribution in [2.75, 3.05) is 25.4 Å². The Morgan fingerprint density at radius 1 is 1.02 bits per heavy atom. The summed E-state index contributed by atoms with van der Waals surface area (Å²) in [5.74, 6) is -1.00. The first-order valence-electron chi connectivity index (χ1n) is 16.4. The molecule has 0 saturated heterocycles. The maximum atomic E-state index is 13.0. The van der Waals surface area contributed by atoms with E-state index in [1.54, 1.807) is 50.2 Å². The molecule has 0 spiro atoms. The van der Waals surface area contributed by atoms with Gasteiger partial charge in [0.1, 0.15) is 52.0 Å². The Kier molecular flexibility index (Phi) is 21.4. The molecule has 0 radical (unpaired) electrons. The molecule has 1 amide bonds. The quantitative estimate of drug-likeness (QED) is 0.0290. The minimum Gasteiger partial charge on any atom is -0.492 e. The van der Waals surface area contributed by atoms with Gasteiger partial charge in [0.25, 0.3) is 0 Å². The molecule has 0 aliphatic heterocycles. The van der Waals surface area contributed by atoms with Crippen molar-refractivity contribution in [1.82, 2.24) is 20.6 Å². The molecule has 56 heavy (non-hydrogen) atoms. The molecule has 0 aliphatic rings. The summed E-state index contributed by atoms with van der Waals surface area (Å²) >= 11 is 8.82. The van der Waals surface area contributed by atoms with Crippen LogP contribution in [0.5, 0.6) is 5.75 Å². The number of halogens is 4. The van der Waals surface area contributed by atoms with Crippen LogP contribution < -0.4 is 32.6 Å². The predicted molar refractivity (Wildman–Crippen MR) is 229 cm³/mol. The van der Waals surface area contributed by atoms with Gasteiger partial charge in [0, 0.05) is 40.4 Å². The number of nitrogens with two attached hydrogens (primary N) is 3. The number of carbonyl (C=O) groups excluding carboxylic acids is 1. The summed E-state index contributed by atoms with van der Waals surface area (Å²) in [6.45, 7) is 4.18. The fourth-order valence-corrected chi connectivity index (χ4v) is 7.09. The van der Waals surface area contributed by atoms with E-state index in [0.29, 0.717) is 52.1 Å². The van der Waals surface area contributed by atoms with E-state index >= 15 is 0 Å².